The van der Waals surface area contributed by atoms with E-state index in [9.17, 15) is 5.11 Å². The smallest absolute Gasteiger partial charge is 0.0596 e. The Morgan fingerprint density at radius 2 is 2.25 bits per heavy atom. The average Bonchev–Trinajstić information content (AvgIpc) is 2.24. The molecule has 0 bridgehead atoms. The van der Waals surface area contributed by atoms with Crippen molar-refractivity contribution in [2.24, 2.45) is 5.92 Å². The molecule has 2 heteroatoms. The first-order chi connectivity index (χ1) is 7.65. The molecule has 1 aromatic carbocycles. The van der Waals surface area contributed by atoms with Gasteiger partial charge >= 0.3 is 0 Å². The molecule has 2 rings (SSSR count). The number of hydrogen-bond acceptors (Lipinski definition) is 2. The lowest BCUT2D eigenvalue weighted by atomic mass is 9.88. The van der Waals surface area contributed by atoms with Gasteiger partial charge in [-0.15, -0.1) is 0 Å². The number of piperidine rings is 1. The summed E-state index contributed by atoms with van der Waals surface area (Å²) in [5.74, 6) is 0.389. The molecule has 0 amide bonds. The summed E-state index contributed by atoms with van der Waals surface area (Å²) in [6.07, 6.45) is 1.77. The maximum absolute atomic E-state index is 9.99. The van der Waals surface area contributed by atoms with Crippen LogP contribution in [0, 0.1) is 12.8 Å². The van der Waals surface area contributed by atoms with Crippen LogP contribution in [0.2, 0.25) is 0 Å². The summed E-state index contributed by atoms with van der Waals surface area (Å²) in [6, 6.07) is 8.60. The third-order valence-corrected chi connectivity index (χ3v) is 3.48. The second-order valence-corrected chi connectivity index (χ2v) is 5.07. The van der Waals surface area contributed by atoms with E-state index in [-0.39, 0.29) is 6.10 Å². The second kappa shape index (κ2) is 4.98. The number of rotatable bonds is 2. The Morgan fingerprint density at radius 3 is 3.00 bits per heavy atom. The maximum Gasteiger partial charge on any atom is 0.0596 e. The lowest BCUT2D eigenvalue weighted by molar-refractivity contribution is 0.0366. The summed E-state index contributed by atoms with van der Waals surface area (Å²) in [6.45, 7) is 4.15. The van der Waals surface area contributed by atoms with Gasteiger partial charge in [0.2, 0.25) is 0 Å². The van der Waals surface area contributed by atoms with Crippen molar-refractivity contribution in [1.29, 1.82) is 0 Å². The Balaban J connectivity index is 2.02. The molecule has 0 radical (unpaired) electrons. The molecule has 0 saturated carbocycles. The van der Waals surface area contributed by atoms with Gasteiger partial charge in [-0.3, -0.25) is 0 Å². The monoisotopic (exact) mass is 219 g/mol. The Kier molecular flexibility index (Phi) is 3.62. The fourth-order valence-corrected chi connectivity index (χ4v) is 2.54. The van der Waals surface area contributed by atoms with Crippen LogP contribution in [0.3, 0.4) is 0 Å². The van der Waals surface area contributed by atoms with E-state index < -0.39 is 0 Å². The zero-order valence-corrected chi connectivity index (χ0v) is 10.2. The number of aliphatic hydroxyl groups excluding tert-OH is 1. The van der Waals surface area contributed by atoms with Gasteiger partial charge in [-0.25, -0.2) is 0 Å². The highest BCUT2D eigenvalue weighted by molar-refractivity contribution is 5.22. The molecule has 2 nitrogen and oxygen atoms in total. The molecular formula is C14H21NO. The number of hydrogen-bond donors (Lipinski definition) is 1. The zero-order valence-electron chi connectivity index (χ0n) is 10.2. The van der Waals surface area contributed by atoms with Crippen molar-refractivity contribution in [2.75, 3.05) is 20.1 Å². The van der Waals surface area contributed by atoms with Crippen LogP contribution >= 0.6 is 0 Å². The number of aryl methyl sites for hydroxylation is 1. The van der Waals surface area contributed by atoms with E-state index in [0.717, 1.165) is 25.9 Å². The fourth-order valence-electron chi connectivity index (χ4n) is 2.54. The van der Waals surface area contributed by atoms with Crippen molar-refractivity contribution >= 4 is 0 Å². The first-order valence-electron chi connectivity index (χ1n) is 6.07. The summed E-state index contributed by atoms with van der Waals surface area (Å²) in [4.78, 5) is 2.31. The zero-order chi connectivity index (χ0) is 11.5. The van der Waals surface area contributed by atoms with Gasteiger partial charge < -0.3 is 10.0 Å². The first kappa shape index (κ1) is 11.6. The van der Waals surface area contributed by atoms with Gasteiger partial charge in [0.1, 0.15) is 0 Å². The fraction of sp³-hybridized carbons (Fsp3) is 0.571. The molecule has 1 fully saturated rings. The van der Waals surface area contributed by atoms with Crippen LogP contribution < -0.4 is 0 Å². The summed E-state index contributed by atoms with van der Waals surface area (Å²) >= 11 is 0. The van der Waals surface area contributed by atoms with Gasteiger partial charge in [0.05, 0.1) is 6.10 Å². The summed E-state index contributed by atoms with van der Waals surface area (Å²) < 4.78 is 0. The van der Waals surface area contributed by atoms with Crippen molar-refractivity contribution in [3.8, 4) is 0 Å². The van der Waals surface area contributed by atoms with Crippen LogP contribution in [0.15, 0.2) is 24.3 Å². The lowest BCUT2D eigenvalue weighted by Gasteiger charge is -2.34. The largest absolute Gasteiger partial charge is 0.393 e. The minimum absolute atomic E-state index is 0.128. The topological polar surface area (TPSA) is 23.5 Å². The van der Waals surface area contributed by atoms with E-state index in [1.165, 1.54) is 11.1 Å². The quantitative estimate of drug-likeness (QED) is 0.820. The summed E-state index contributed by atoms with van der Waals surface area (Å²) in [5.41, 5.74) is 2.65. The molecule has 1 aliphatic heterocycles. The number of aliphatic hydroxyl groups is 1. The average molecular weight is 219 g/mol. The van der Waals surface area contributed by atoms with E-state index in [1.807, 2.05) is 0 Å². The number of nitrogens with zero attached hydrogens (tertiary/aromatic N) is 1. The molecular weight excluding hydrogens is 198 g/mol. The minimum atomic E-state index is -0.128. The maximum atomic E-state index is 9.99. The Bertz CT molecular complexity index is 350. The Hall–Kier alpha value is -0.860. The van der Waals surface area contributed by atoms with Gasteiger partial charge in [-0.1, -0.05) is 29.8 Å². The summed E-state index contributed by atoms with van der Waals surface area (Å²) in [5, 5.41) is 9.99. The second-order valence-electron chi connectivity index (χ2n) is 5.07. The molecule has 1 heterocycles. The van der Waals surface area contributed by atoms with Gasteiger partial charge in [-0.2, -0.15) is 0 Å². The molecule has 0 aliphatic carbocycles. The highest BCUT2D eigenvalue weighted by Gasteiger charge is 2.25. The minimum Gasteiger partial charge on any atom is -0.393 e. The van der Waals surface area contributed by atoms with Gasteiger partial charge in [0.15, 0.2) is 0 Å². The van der Waals surface area contributed by atoms with Gasteiger partial charge in [0, 0.05) is 19.0 Å². The van der Waals surface area contributed by atoms with Gasteiger partial charge in [0.25, 0.3) is 0 Å². The molecule has 1 saturated heterocycles. The van der Waals surface area contributed by atoms with E-state index in [0.29, 0.717) is 5.92 Å². The molecule has 2 atom stereocenters. The van der Waals surface area contributed by atoms with Crippen LogP contribution in [0.4, 0.5) is 0 Å². The predicted molar refractivity (Wildman–Crippen MR) is 66.5 cm³/mol. The third-order valence-electron chi connectivity index (χ3n) is 3.48. The third kappa shape index (κ3) is 2.83. The molecule has 2 unspecified atom stereocenters. The molecule has 0 spiro atoms. The molecule has 1 N–H and O–H groups in total. The van der Waals surface area contributed by atoms with E-state index in [4.69, 9.17) is 0 Å². The van der Waals surface area contributed by atoms with Gasteiger partial charge in [-0.05, 0) is 32.4 Å². The molecule has 88 valence electrons. The number of benzene rings is 1. The normalized spacial score (nSPS) is 26.9. The van der Waals surface area contributed by atoms with Crippen molar-refractivity contribution in [2.45, 2.75) is 25.9 Å². The highest BCUT2D eigenvalue weighted by atomic mass is 16.3. The molecule has 0 aromatic heterocycles. The molecule has 1 aliphatic rings. The van der Waals surface area contributed by atoms with Crippen molar-refractivity contribution < 1.29 is 5.11 Å². The van der Waals surface area contributed by atoms with E-state index in [1.54, 1.807) is 0 Å². The first-order valence-corrected chi connectivity index (χ1v) is 6.07. The Morgan fingerprint density at radius 1 is 1.44 bits per heavy atom. The van der Waals surface area contributed by atoms with Crippen molar-refractivity contribution in [3.05, 3.63) is 35.4 Å². The molecule has 16 heavy (non-hydrogen) atoms. The van der Waals surface area contributed by atoms with Crippen LogP contribution in [-0.2, 0) is 6.42 Å². The SMILES string of the molecule is Cc1cccc(CC2CN(C)CCC2O)c1. The lowest BCUT2D eigenvalue weighted by Crippen LogP contribution is -2.41. The summed E-state index contributed by atoms with van der Waals surface area (Å²) in [7, 11) is 2.13. The van der Waals surface area contributed by atoms with E-state index >= 15 is 0 Å². The highest BCUT2D eigenvalue weighted by Crippen LogP contribution is 2.20. The van der Waals surface area contributed by atoms with Crippen LogP contribution in [-0.4, -0.2) is 36.2 Å². The van der Waals surface area contributed by atoms with Crippen LogP contribution in [0.5, 0.6) is 0 Å². The van der Waals surface area contributed by atoms with Crippen molar-refractivity contribution in [3.63, 3.8) is 0 Å². The van der Waals surface area contributed by atoms with E-state index in [2.05, 4.69) is 43.1 Å². The van der Waals surface area contributed by atoms with Crippen LogP contribution in [0.25, 0.3) is 0 Å². The Labute approximate surface area is 97.9 Å². The standard InChI is InChI=1S/C14H21NO/c1-11-4-3-5-12(8-11)9-13-10-15(2)7-6-14(13)16/h3-5,8,13-14,16H,6-7,9-10H2,1-2H3. The van der Waals surface area contributed by atoms with Crippen LogP contribution in [0.1, 0.15) is 17.5 Å². The van der Waals surface area contributed by atoms with Crippen molar-refractivity contribution in [1.82, 2.24) is 4.90 Å². The number of likely N-dealkylation sites (tertiary alicyclic amines) is 1. The predicted octanol–water partition coefficient (Wildman–Crippen LogP) is 1.85. The molecule has 1 aromatic rings.